The third-order valence-corrected chi connectivity index (χ3v) is 5.04. The van der Waals surface area contributed by atoms with Gasteiger partial charge in [0.1, 0.15) is 5.82 Å². The van der Waals surface area contributed by atoms with Crippen LogP contribution in [0.25, 0.3) is 0 Å². The van der Waals surface area contributed by atoms with E-state index >= 15 is 0 Å². The first-order chi connectivity index (χ1) is 9.60. The monoisotopic (exact) mass is 420 g/mol. The number of rotatable bonds is 5. The number of aromatic amines is 1. The molecular formula is C14H14ClIN2OS. The third kappa shape index (κ3) is 4.23. The Balaban J connectivity index is 2.13. The van der Waals surface area contributed by atoms with Gasteiger partial charge < -0.3 is 4.98 Å². The molecule has 6 heteroatoms. The maximum Gasteiger partial charge on any atom is 0.264 e. The van der Waals surface area contributed by atoms with Crippen molar-refractivity contribution in [3.63, 3.8) is 0 Å². The number of aromatic nitrogens is 2. The second kappa shape index (κ2) is 7.47. The summed E-state index contributed by atoms with van der Waals surface area (Å²) >= 11 is 9.54. The Labute approximate surface area is 140 Å². The van der Waals surface area contributed by atoms with Gasteiger partial charge in [-0.3, -0.25) is 4.79 Å². The minimum Gasteiger partial charge on any atom is -0.309 e. The molecule has 1 aromatic carbocycles. The Hall–Kier alpha value is -0.530. The molecule has 0 fully saturated rings. The highest BCUT2D eigenvalue weighted by atomic mass is 127. The van der Waals surface area contributed by atoms with E-state index in [2.05, 4.69) is 39.5 Å². The van der Waals surface area contributed by atoms with E-state index < -0.39 is 0 Å². The predicted octanol–water partition coefficient (Wildman–Crippen LogP) is 4.27. The van der Waals surface area contributed by atoms with E-state index in [1.54, 1.807) is 11.8 Å². The zero-order chi connectivity index (χ0) is 14.5. The Morgan fingerprint density at radius 2 is 2.05 bits per heavy atom. The fourth-order valence-electron chi connectivity index (χ4n) is 1.71. The number of hydrogen-bond acceptors (Lipinski definition) is 3. The third-order valence-electron chi connectivity index (χ3n) is 2.66. The number of halogens is 2. The van der Waals surface area contributed by atoms with Crippen LogP contribution < -0.4 is 5.56 Å². The lowest BCUT2D eigenvalue weighted by Crippen LogP contribution is -2.17. The standard InChI is InChI=1S/C14H14ClIN2OS/c1-2-3-11-13(16)14(19)18-12(17-11)8-20-10-6-4-9(15)5-7-10/h4-7H,2-3,8H2,1H3,(H,17,18,19). The molecule has 0 atom stereocenters. The van der Waals surface area contributed by atoms with Gasteiger partial charge in [-0.25, -0.2) is 4.98 Å². The van der Waals surface area contributed by atoms with E-state index in [1.807, 2.05) is 24.3 Å². The Morgan fingerprint density at radius 3 is 2.70 bits per heavy atom. The van der Waals surface area contributed by atoms with Crippen LogP contribution >= 0.6 is 46.0 Å². The van der Waals surface area contributed by atoms with E-state index in [9.17, 15) is 4.79 Å². The fourth-order valence-corrected chi connectivity index (χ4v) is 3.13. The van der Waals surface area contributed by atoms with Gasteiger partial charge >= 0.3 is 0 Å². The molecule has 0 aliphatic carbocycles. The van der Waals surface area contributed by atoms with Crippen molar-refractivity contribution in [2.45, 2.75) is 30.4 Å². The first-order valence-electron chi connectivity index (χ1n) is 6.26. The maximum absolute atomic E-state index is 11.9. The van der Waals surface area contributed by atoms with Gasteiger partial charge in [-0.15, -0.1) is 11.8 Å². The lowest BCUT2D eigenvalue weighted by molar-refractivity contribution is 0.834. The molecule has 0 bridgehead atoms. The van der Waals surface area contributed by atoms with Crippen LogP contribution in [0.15, 0.2) is 34.0 Å². The molecule has 3 nitrogen and oxygen atoms in total. The summed E-state index contributed by atoms with van der Waals surface area (Å²) in [6.45, 7) is 2.08. The van der Waals surface area contributed by atoms with Crippen molar-refractivity contribution in [1.29, 1.82) is 0 Å². The van der Waals surface area contributed by atoms with E-state index in [-0.39, 0.29) is 5.56 Å². The van der Waals surface area contributed by atoms with Crippen molar-refractivity contribution in [2.24, 2.45) is 0 Å². The molecule has 0 unspecified atom stereocenters. The highest BCUT2D eigenvalue weighted by Crippen LogP contribution is 2.23. The molecule has 0 saturated heterocycles. The summed E-state index contributed by atoms with van der Waals surface area (Å²) in [6, 6.07) is 7.64. The second-order valence-electron chi connectivity index (χ2n) is 4.27. The largest absolute Gasteiger partial charge is 0.309 e. The Morgan fingerprint density at radius 1 is 1.35 bits per heavy atom. The number of thioether (sulfide) groups is 1. The zero-order valence-corrected chi connectivity index (χ0v) is 14.7. The van der Waals surface area contributed by atoms with Crippen molar-refractivity contribution in [3.8, 4) is 0 Å². The van der Waals surface area contributed by atoms with Gasteiger partial charge in [0.05, 0.1) is 15.0 Å². The molecule has 106 valence electrons. The van der Waals surface area contributed by atoms with Gasteiger partial charge in [-0.05, 0) is 53.3 Å². The molecule has 0 aliphatic heterocycles. The number of nitrogens with one attached hydrogen (secondary N) is 1. The normalized spacial score (nSPS) is 10.8. The van der Waals surface area contributed by atoms with E-state index in [1.165, 1.54) is 0 Å². The van der Waals surface area contributed by atoms with Crippen LogP contribution in [0.4, 0.5) is 0 Å². The van der Waals surface area contributed by atoms with Gasteiger partial charge in [0.15, 0.2) is 0 Å². The first-order valence-corrected chi connectivity index (χ1v) is 8.70. The molecule has 1 heterocycles. The average Bonchev–Trinajstić information content (AvgIpc) is 2.44. The Bertz CT molecular complexity index is 643. The van der Waals surface area contributed by atoms with Crippen LogP contribution in [-0.4, -0.2) is 9.97 Å². The van der Waals surface area contributed by atoms with E-state index in [0.29, 0.717) is 9.32 Å². The molecule has 20 heavy (non-hydrogen) atoms. The quantitative estimate of drug-likeness (QED) is 0.580. The second-order valence-corrected chi connectivity index (χ2v) is 6.83. The van der Waals surface area contributed by atoms with Crippen molar-refractivity contribution in [2.75, 3.05) is 0 Å². The van der Waals surface area contributed by atoms with Gasteiger partial charge in [-0.2, -0.15) is 0 Å². The molecule has 0 spiro atoms. The highest BCUT2D eigenvalue weighted by molar-refractivity contribution is 14.1. The van der Waals surface area contributed by atoms with Crippen LogP contribution in [0.2, 0.25) is 5.02 Å². The summed E-state index contributed by atoms with van der Waals surface area (Å²) < 4.78 is 0.699. The molecule has 1 aromatic heterocycles. The minimum absolute atomic E-state index is 0.0456. The van der Waals surface area contributed by atoms with Gasteiger partial charge in [0.25, 0.3) is 5.56 Å². The lowest BCUT2D eigenvalue weighted by atomic mass is 10.2. The summed E-state index contributed by atoms with van der Waals surface area (Å²) in [5, 5.41) is 0.723. The van der Waals surface area contributed by atoms with Crippen LogP contribution in [0.5, 0.6) is 0 Å². The number of benzene rings is 1. The number of H-pyrrole nitrogens is 1. The van der Waals surface area contributed by atoms with Gasteiger partial charge in [0.2, 0.25) is 0 Å². The maximum atomic E-state index is 11.9. The first kappa shape index (κ1) is 15.9. The average molecular weight is 421 g/mol. The van der Waals surface area contributed by atoms with E-state index in [4.69, 9.17) is 11.6 Å². The minimum atomic E-state index is -0.0456. The zero-order valence-electron chi connectivity index (χ0n) is 11.0. The van der Waals surface area contributed by atoms with Crippen molar-refractivity contribution < 1.29 is 0 Å². The van der Waals surface area contributed by atoms with Gasteiger partial charge in [-0.1, -0.05) is 24.9 Å². The number of aryl methyl sites for hydroxylation is 1. The van der Waals surface area contributed by atoms with Gasteiger partial charge in [0, 0.05) is 9.92 Å². The van der Waals surface area contributed by atoms with Crippen molar-refractivity contribution in [3.05, 3.63) is 54.7 Å². The molecule has 0 amide bonds. The van der Waals surface area contributed by atoms with Crippen molar-refractivity contribution in [1.82, 2.24) is 9.97 Å². The number of nitrogens with zero attached hydrogens (tertiary/aromatic N) is 1. The topological polar surface area (TPSA) is 45.8 Å². The molecule has 0 radical (unpaired) electrons. The Kier molecular flexibility index (Phi) is 5.92. The van der Waals surface area contributed by atoms with Crippen LogP contribution in [0.3, 0.4) is 0 Å². The summed E-state index contributed by atoms with van der Waals surface area (Å²) in [5.41, 5.74) is 0.847. The fraction of sp³-hybridized carbons (Fsp3) is 0.286. The molecule has 2 aromatic rings. The number of hydrogen-bond donors (Lipinski definition) is 1. The SMILES string of the molecule is CCCc1nc(CSc2ccc(Cl)cc2)[nH]c(=O)c1I. The summed E-state index contributed by atoms with van der Waals surface area (Å²) in [6.07, 6.45) is 1.82. The van der Waals surface area contributed by atoms with E-state index in [0.717, 1.165) is 34.3 Å². The summed E-state index contributed by atoms with van der Waals surface area (Å²) in [7, 11) is 0. The molecule has 0 aliphatic rings. The molecule has 2 rings (SSSR count). The summed E-state index contributed by atoms with van der Waals surface area (Å²) in [5.74, 6) is 1.36. The van der Waals surface area contributed by atoms with Crippen molar-refractivity contribution >= 4 is 46.0 Å². The molecule has 1 N–H and O–H groups in total. The molecular weight excluding hydrogens is 407 g/mol. The van der Waals surface area contributed by atoms with Crippen LogP contribution in [0, 0.1) is 3.57 Å². The van der Waals surface area contributed by atoms with Crippen LogP contribution in [-0.2, 0) is 12.2 Å². The summed E-state index contributed by atoms with van der Waals surface area (Å²) in [4.78, 5) is 20.3. The predicted molar refractivity (Wildman–Crippen MR) is 92.6 cm³/mol. The van der Waals surface area contributed by atoms with Crippen LogP contribution in [0.1, 0.15) is 24.9 Å². The highest BCUT2D eigenvalue weighted by Gasteiger charge is 2.08. The lowest BCUT2D eigenvalue weighted by Gasteiger charge is -2.06. The molecule has 0 saturated carbocycles. The smallest absolute Gasteiger partial charge is 0.264 e.